The van der Waals surface area contributed by atoms with E-state index in [0.717, 1.165) is 12.2 Å². The number of hydrogen-bond donors (Lipinski definition) is 2. The lowest BCUT2D eigenvalue weighted by Crippen LogP contribution is -2.15. The molecule has 0 atom stereocenters. The molecule has 0 aromatic carbocycles. The van der Waals surface area contributed by atoms with Gasteiger partial charge < -0.3 is 5.32 Å². The average molecular weight is 196 g/mol. The molecule has 1 aliphatic rings. The molecule has 0 aliphatic heterocycles. The summed E-state index contributed by atoms with van der Waals surface area (Å²) in [7, 11) is 1.87. The predicted octanol–water partition coefficient (Wildman–Crippen LogP) is 2.19. The van der Waals surface area contributed by atoms with Crippen LogP contribution in [0.4, 0.5) is 0 Å². The van der Waals surface area contributed by atoms with E-state index < -0.39 is 0 Å². The highest BCUT2D eigenvalue weighted by molar-refractivity contribution is 8.14. The van der Waals surface area contributed by atoms with Crippen LogP contribution in [0, 0.1) is 5.41 Å². The first-order chi connectivity index (χ1) is 6.33. The summed E-state index contributed by atoms with van der Waals surface area (Å²) in [4.78, 5) is 0. The van der Waals surface area contributed by atoms with Crippen LogP contribution in [-0.4, -0.2) is 24.4 Å². The van der Waals surface area contributed by atoms with Crippen molar-refractivity contribution in [2.24, 2.45) is 0 Å². The van der Waals surface area contributed by atoms with Crippen LogP contribution < -0.4 is 5.32 Å². The normalized spacial score (nSPS) is 15.6. The highest BCUT2D eigenvalue weighted by Gasteiger charge is 2.00. The summed E-state index contributed by atoms with van der Waals surface area (Å²) in [6, 6.07) is 0. The third-order valence-corrected chi connectivity index (χ3v) is 2.79. The van der Waals surface area contributed by atoms with Gasteiger partial charge in [-0.25, -0.2) is 0 Å². The summed E-state index contributed by atoms with van der Waals surface area (Å²) < 4.78 is 0. The maximum Gasteiger partial charge on any atom is 0.0783 e. The Kier molecular flexibility index (Phi) is 4.86. The summed E-state index contributed by atoms with van der Waals surface area (Å²) >= 11 is 1.61. The molecule has 2 nitrogen and oxygen atoms in total. The molecule has 72 valence electrons. The van der Waals surface area contributed by atoms with Gasteiger partial charge >= 0.3 is 0 Å². The van der Waals surface area contributed by atoms with Crippen LogP contribution in [0.3, 0.4) is 0 Å². The van der Waals surface area contributed by atoms with Gasteiger partial charge in [-0.2, -0.15) is 0 Å². The molecular formula is C10H16N2S. The zero-order valence-corrected chi connectivity index (χ0v) is 8.79. The van der Waals surface area contributed by atoms with Gasteiger partial charge in [0.15, 0.2) is 0 Å². The van der Waals surface area contributed by atoms with Gasteiger partial charge in [0.2, 0.25) is 0 Å². The van der Waals surface area contributed by atoms with Gasteiger partial charge in [0.05, 0.1) is 5.04 Å². The number of rotatable bonds is 4. The Morgan fingerprint density at radius 1 is 1.62 bits per heavy atom. The van der Waals surface area contributed by atoms with Crippen LogP contribution in [0.2, 0.25) is 0 Å². The minimum absolute atomic E-state index is 0.682. The van der Waals surface area contributed by atoms with Crippen molar-refractivity contribution < 1.29 is 0 Å². The monoisotopic (exact) mass is 196 g/mol. The van der Waals surface area contributed by atoms with E-state index in [2.05, 4.69) is 23.5 Å². The van der Waals surface area contributed by atoms with Gasteiger partial charge in [-0.05, 0) is 25.5 Å². The lowest BCUT2D eigenvalue weighted by Gasteiger charge is -2.06. The zero-order valence-electron chi connectivity index (χ0n) is 7.97. The Balaban J connectivity index is 2.22. The fraction of sp³-hybridized carbons (Fsp3) is 0.500. The SMILES string of the molecule is CNCC(=N)SCC1=CCCC=C1. The zero-order chi connectivity index (χ0) is 9.52. The van der Waals surface area contributed by atoms with E-state index in [9.17, 15) is 0 Å². The highest BCUT2D eigenvalue weighted by Crippen LogP contribution is 2.15. The second-order valence-electron chi connectivity index (χ2n) is 3.00. The maximum absolute atomic E-state index is 7.56. The van der Waals surface area contributed by atoms with Crippen molar-refractivity contribution >= 4 is 16.8 Å². The first-order valence-corrected chi connectivity index (χ1v) is 5.52. The van der Waals surface area contributed by atoms with Crippen molar-refractivity contribution in [1.29, 1.82) is 5.41 Å². The Morgan fingerprint density at radius 2 is 2.46 bits per heavy atom. The highest BCUT2D eigenvalue weighted by atomic mass is 32.2. The molecule has 0 aromatic rings. The van der Waals surface area contributed by atoms with Gasteiger partial charge in [0.1, 0.15) is 0 Å². The number of thioether (sulfide) groups is 1. The van der Waals surface area contributed by atoms with Gasteiger partial charge in [0.25, 0.3) is 0 Å². The fourth-order valence-corrected chi connectivity index (χ4v) is 1.96. The van der Waals surface area contributed by atoms with Crippen LogP contribution >= 0.6 is 11.8 Å². The summed E-state index contributed by atoms with van der Waals surface area (Å²) in [6.07, 6.45) is 8.97. The Bertz CT molecular complexity index is 231. The van der Waals surface area contributed by atoms with E-state index in [1.807, 2.05) is 7.05 Å². The third-order valence-electron chi connectivity index (χ3n) is 1.82. The van der Waals surface area contributed by atoms with Crippen LogP contribution in [0.25, 0.3) is 0 Å². The molecule has 1 rings (SSSR count). The largest absolute Gasteiger partial charge is 0.314 e. The summed E-state index contributed by atoms with van der Waals surface area (Å²) in [5.74, 6) is 0.941. The van der Waals surface area contributed by atoms with Crippen molar-refractivity contribution in [3.63, 3.8) is 0 Å². The van der Waals surface area contributed by atoms with Crippen molar-refractivity contribution in [3.05, 3.63) is 23.8 Å². The second-order valence-corrected chi connectivity index (χ2v) is 4.07. The molecule has 1 aliphatic carbocycles. The lowest BCUT2D eigenvalue weighted by molar-refractivity contribution is 0.951. The molecule has 0 unspecified atom stereocenters. The second kappa shape index (κ2) is 6.00. The molecule has 13 heavy (non-hydrogen) atoms. The van der Waals surface area contributed by atoms with E-state index in [4.69, 9.17) is 5.41 Å². The van der Waals surface area contributed by atoms with Crippen molar-refractivity contribution in [2.75, 3.05) is 19.3 Å². The standard InChI is InChI=1S/C10H16N2S/c1-12-7-10(11)13-8-9-5-3-2-4-6-9/h3,5-6,11-12H,2,4,7-8H2,1H3. The average Bonchev–Trinajstić information content (AvgIpc) is 2.17. The fourth-order valence-electron chi connectivity index (χ4n) is 1.16. The van der Waals surface area contributed by atoms with E-state index in [1.165, 1.54) is 12.0 Å². The van der Waals surface area contributed by atoms with Crippen molar-refractivity contribution in [3.8, 4) is 0 Å². The molecule has 2 N–H and O–H groups in total. The topological polar surface area (TPSA) is 35.9 Å². The van der Waals surface area contributed by atoms with Crippen molar-refractivity contribution in [1.82, 2.24) is 5.32 Å². The van der Waals surface area contributed by atoms with Crippen LogP contribution in [0.1, 0.15) is 12.8 Å². The quantitative estimate of drug-likeness (QED) is 0.534. The molecule has 0 saturated carbocycles. The van der Waals surface area contributed by atoms with Crippen LogP contribution in [0.5, 0.6) is 0 Å². The smallest absolute Gasteiger partial charge is 0.0783 e. The molecule has 0 aromatic heterocycles. The number of allylic oxidation sites excluding steroid dienone is 3. The molecule has 0 spiro atoms. The lowest BCUT2D eigenvalue weighted by atomic mass is 10.1. The minimum atomic E-state index is 0.682. The van der Waals surface area contributed by atoms with Crippen LogP contribution in [0.15, 0.2) is 23.8 Å². The molecule has 0 fully saturated rings. The van der Waals surface area contributed by atoms with Gasteiger partial charge in [-0.3, -0.25) is 5.41 Å². The van der Waals surface area contributed by atoms with Gasteiger partial charge in [-0.1, -0.05) is 18.2 Å². The number of hydrogen-bond acceptors (Lipinski definition) is 3. The molecule has 0 bridgehead atoms. The van der Waals surface area contributed by atoms with Gasteiger partial charge in [-0.15, -0.1) is 11.8 Å². The Labute approximate surface area is 84.0 Å². The third kappa shape index (κ3) is 4.29. The molecule has 3 heteroatoms. The molecule has 0 heterocycles. The Hall–Kier alpha value is -0.540. The van der Waals surface area contributed by atoms with E-state index in [1.54, 1.807) is 11.8 Å². The molecular weight excluding hydrogens is 180 g/mol. The van der Waals surface area contributed by atoms with Crippen LogP contribution in [-0.2, 0) is 0 Å². The summed E-state index contributed by atoms with van der Waals surface area (Å²) in [5.41, 5.74) is 1.36. The maximum atomic E-state index is 7.56. The molecule has 0 radical (unpaired) electrons. The first kappa shape index (κ1) is 10.5. The first-order valence-electron chi connectivity index (χ1n) is 4.53. The minimum Gasteiger partial charge on any atom is -0.314 e. The number of nitrogens with one attached hydrogen (secondary N) is 2. The summed E-state index contributed by atoms with van der Waals surface area (Å²) in [5, 5.41) is 11.2. The van der Waals surface area contributed by atoms with E-state index >= 15 is 0 Å². The van der Waals surface area contributed by atoms with Gasteiger partial charge in [0, 0.05) is 12.3 Å². The van der Waals surface area contributed by atoms with Crippen molar-refractivity contribution in [2.45, 2.75) is 12.8 Å². The summed E-state index contributed by atoms with van der Waals surface area (Å²) in [6.45, 7) is 0.682. The van der Waals surface area contributed by atoms with E-state index in [-0.39, 0.29) is 0 Å². The predicted molar refractivity (Wildman–Crippen MR) is 60.6 cm³/mol. The molecule has 0 saturated heterocycles. The molecule has 0 amide bonds. The van der Waals surface area contributed by atoms with E-state index in [0.29, 0.717) is 11.6 Å². The Morgan fingerprint density at radius 3 is 3.08 bits per heavy atom.